The van der Waals surface area contributed by atoms with Gasteiger partial charge in [0.2, 0.25) is 5.91 Å². The summed E-state index contributed by atoms with van der Waals surface area (Å²) in [4.78, 5) is 26.9. The summed E-state index contributed by atoms with van der Waals surface area (Å²) in [5, 5.41) is 11.7. The van der Waals surface area contributed by atoms with Crippen LogP contribution in [-0.4, -0.2) is 40.7 Å². The maximum absolute atomic E-state index is 11.8. The number of ether oxygens (including phenoxy) is 1. The van der Waals surface area contributed by atoms with Crippen LogP contribution in [0.15, 0.2) is 24.5 Å². The highest BCUT2D eigenvalue weighted by molar-refractivity contribution is 5.88. The molecule has 0 unspecified atom stereocenters. The van der Waals surface area contributed by atoms with Crippen molar-refractivity contribution in [3.05, 3.63) is 30.1 Å². The van der Waals surface area contributed by atoms with Crippen LogP contribution < -0.4 is 5.32 Å². The molecule has 1 aromatic rings. The Bertz CT molecular complexity index is 441. The number of hydrogen-bond acceptors (Lipinski definition) is 4. The highest BCUT2D eigenvalue weighted by atomic mass is 16.5. The van der Waals surface area contributed by atoms with E-state index in [9.17, 15) is 14.7 Å². The number of rotatable bonds is 4. The number of aliphatic carboxylic acids is 1. The lowest BCUT2D eigenvalue weighted by atomic mass is 9.98. The number of hydrogen-bond donors (Lipinski definition) is 2. The van der Waals surface area contributed by atoms with Crippen LogP contribution in [0.3, 0.4) is 0 Å². The van der Waals surface area contributed by atoms with Crippen LogP contribution >= 0.6 is 0 Å². The van der Waals surface area contributed by atoms with Crippen molar-refractivity contribution in [1.29, 1.82) is 0 Å². The van der Waals surface area contributed by atoms with E-state index in [4.69, 9.17) is 4.74 Å². The Morgan fingerprint density at radius 3 is 2.94 bits per heavy atom. The van der Waals surface area contributed by atoms with Crippen molar-refractivity contribution in [1.82, 2.24) is 10.3 Å². The largest absolute Gasteiger partial charge is 0.479 e. The van der Waals surface area contributed by atoms with E-state index in [1.807, 2.05) is 0 Å². The summed E-state index contributed by atoms with van der Waals surface area (Å²) in [7, 11) is 0. The molecule has 2 N–H and O–H groups in total. The minimum absolute atomic E-state index is 0.0150. The maximum atomic E-state index is 11.8. The van der Waals surface area contributed by atoms with E-state index < -0.39 is 11.5 Å². The molecule has 6 nitrogen and oxygen atoms in total. The molecule has 1 aliphatic heterocycles. The molecule has 0 saturated carbocycles. The molecule has 1 fully saturated rings. The number of pyridine rings is 1. The van der Waals surface area contributed by atoms with Crippen LogP contribution in [-0.2, 0) is 20.7 Å². The van der Waals surface area contributed by atoms with Crippen molar-refractivity contribution in [2.75, 3.05) is 13.2 Å². The molecule has 1 saturated heterocycles. The van der Waals surface area contributed by atoms with E-state index in [1.165, 1.54) is 0 Å². The Hall–Kier alpha value is -1.95. The SMILES string of the molecule is O=C(Cc1cccnc1)N[C@@]1(C(=O)O)CCOC1. The van der Waals surface area contributed by atoms with Crippen LogP contribution in [0, 0.1) is 0 Å². The van der Waals surface area contributed by atoms with Crippen molar-refractivity contribution in [3.8, 4) is 0 Å². The van der Waals surface area contributed by atoms with E-state index in [2.05, 4.69) is 10.3 Å². The molecule has 2 rings (SSSR count). The molecule has 96 valence electrons. The second kappa shape index (κ2) is 5.14. The van der Waals surface area contributed by atoms with Crippen LogP contribution in [0.2, 0.25) is 0 Å². The smallest absolute Gasteiger partial charge is 0.331 e. The lowest BCUT2D eigenvalue weighted by Gasteiger charge is -2.23. The van der Waals surface area contributed by atoms with Gasteiger partial charge in [-0.3, -0.25) is 9.78 Å². The quantitative estimate of drug-likeness (QED) is 0.784. The normalized spacial score (nSPS) is 22.7. The minimum atomic E-state index is -1.28. The zero-order valence-electron chi connectivity index (χ0n) is 9.76. The molecule has 2 heterocycles. The number of carbonyl (C=O) groups is 2. The third-order valence-corrected chi connectivity index (χ3v) is 2.90. The molecule has 0 spiro atoms. The second-order valence-electron chi connectivity index (χ2n) is 4.28. The van der Waals surface area contributed by atoms with Crippen molar-refractivity contribution >= 4 is 11.9 Å². The Balaban J connectivity index is 2.00. The Kier molecular flexibility index (Phi) is 3.57. The van der Waals surface area contributed by atoms with Crippen molar-refractivity contribution < 1.29 is 19.4 Å². The van der Waals surface area contributed by atoms with Gasteiger partial charge in [0.15, 0.2) is 5.54 Å². The van der Waals surface area contributed by atoms with Gasteiger partial charge in [0.25, 0.3) is 0 Å². The average Bonchev–Trinajstić information content (AvgIpc) is 2.80. The molecule has 18 heavy (non-hydrogen) atoms. The number of carbonyl (C=O) groups excluding carboxylic acids is 1. The molecule has 0 radical (unpaired) electrons. The van der Waals surface area contributed by atoms with E-state index in [0.29, 0.717) is 13.0 Å². The first-order valence-corrected chi connectivity index (χ1v) is 5.63. The summed E-state index contributed by atoms with van der Waals surface area (Å²) in [5.74, 6) is -1.39. The van der Waals surface area contributed by atoms with Crippen LogP contribution in [0.4, 0.5) is 0 Å². The monoisotopic (exact) mass is 250 g/mol. The van der Waals surface area contributed by atoms with E-state index in [0.717, 1.165) is 5.56 Å². The molecular weight excluding hydrogens is 236 g/mol. The fraction of sp³-hybridized carbons (Fsp3) is 0.417. The molecule has 1 aliphatic rings. The van der Waals surface area contributed by atoms with Crippen LogP contribution in [0.5, 0.6) is 0 Å². The van der Waals surface area contributed by atoms with Gasteiger partial charge in [-0.05, 0) is 11.6 Å². The molecule has 1 aromatic heterocycles. The average molecular weight is 250 g/mol. The third-order valence-electron chi connectivity index (χ3n) is 2.90. The molecule has 0 aromatic carbocycles. The summed E-state index contributed by atoms with van der Waals surface area (Å²) in [5.41, 5.74) is -0.534. The third kappa shape index (κ3) is 2.65. The fourth-order valence-electron chi connectivity index (χ4n) is 1.88. The summed E-state index contributed by atoms with van der Waals surface area (Å²) in [6, 6.07) is 3.50. The van der Waals surface area contributed by atoms with Gasteiger partial charge in [0.1, 0.15) is 0 Å². The summed E-state index contributed by atoms with van der Waals surface area (Å²) in [6.45, 7) is 0.362. The number of nitrogens with one attached hydrogen (secondary N) is 1. The molecule has 1 amide bonds. The fourth-order valence-corrected chi connectivity index (χ4v) is 1.88. The van der Waals surface area contributed by atoms with Gasteiger partial charge in [-0.1, -0.05) is 6.07 Å². The highest BCUT2D eigenvalue weighted by Crippen LogP contribution is 2.19. The van der Waals surface area contributed by atoms with Crippen LogP contribution in [0.1, 0.15) is 12.0 Å². The standard InChI is InChI=1S/C12H14N2O4/c15-10(6-9-2-1-4-13-7-9)14-12(11(16)17)3-5-18-8-12/h1-2,4,7H,3,5-6,8H2,(H,14,15)(H,16,17)/t12-/m0/s1. The number of nitrogens with zero attached hydrogens (tertiary/aromatic N) is 1. The van der Waals surface area contributed by atoms with Gasteiger partial charge < -0.3 is 15.2 Å². The molecule has 0 bridgehead atoms. The van der Waals surface area contributed by atoms with E-state index in [-0.39, 0.29) is 18.9 Å². The van der Waals surface area contributed by atoms with Gasteiger partial charge in [-0.15, -0.1) is 0 Å². The molecule has 1 atom stereocenters. The zero-order valence-corrected chi connectivity index (χ0v) is 9.76. The highest BCUT2D eigenvalue weighted by Gasteiger charge is 2.43. The minimum Gasteiger partial charge on any atom is -0.479 e. The number of amides is 1. The Labute approximate surface area is 104 Å². The number of aromatic nitrogens is 1. The van der Waals surface area contributed by atoms with Crippen molar-refractivity contribution in [3.63, 3.8) is 0 Å². The summed E-state index contributed by atoms with van der Waals surface area (Å²) < 4.78 is 5.06. The maximum Gasteiger partial charge on any atom is 0.331 e. The van der Waals surface area contributed by atoms with Gasteiger partial charge in [-0.2, -0.15) is 0 Å². The van der Waals surface area contributed by atoms with Gasteiger partial charge in [-0.25, -0.2) is 4.79 Å². The van der Waals surface area contributed by atoms with Gasteiger partial charge >= 0.3 is 5.97 Å². The van der Waals surface area contributed by atoms with Crippen LogP contribution in [0.25, 0.3) is 0 Å². The lowest BCUT2D eigenvalue weighted by Crippen LogP contribution is -2.55. The topological polar surface area (TPSA) is 88.5 Å². The molecular formula is C12H14N2O4. The first-order valence-electron chi connectivity index (χ1n) is 5.63. The van der Waals surface area contributed by atoms with Gasteiger partial charge in [0.05, 0.1) is 13.0 Å². The Morgan fingerprint density at radius 2 is 2.39 bits per heavy atom. The summed E-state index contributed by atoms with van der Waals surface area (Å²) in [6.07, 6.45) is 3.60. The number of carboxylic acid groups (broad SMARTS) is 1. The first-order chi connectivity index (χ1) is 8.62. The zero-order chi connectivity index (χ0) is 13.0. The molecule has 0 aliphatic carbocycles. The Morgan fingerprint density at radius 1 is 1.56 bits per heavy atom. The number of carboxylic acids is 1. The lowest BCUT2D eigenvalue weighted by molar-refractivity contribution is -0.147. The predicted octanol–water partition coefficient (Wildman–Crippen LogP) is -0.0160. The van der Waals surface area contributed by atoms with Gasteiger partial charge in [0, 0.05) is 25.4 Å². The first kappa shape index (κ1) is 12.5. The van der Waals surface area contributed by atoms with Crippen molar-refractivity contribution in [2.24, 2.45) is 0 Å². The van der Waals surface area contributed by atoms with E-state index >= 15 is 0 Å². The predicted molar refractivity (Wildman–Crippen MR) is 61.9 cm³/mol. The second-order valence-corrected chi connectivity index (χ2v) is 4.28. The van der Waals surface area contributed by atoms with Crippen molar-refractivity contribution in [2.45, 2.75) is 18.4 Å². The van der Waals surface area contributed by atoms with E-state index in [1.54, 1.807) is 24.5 Å². The molecule has 6 heteroatoms. The summed E-state index contributed by atoms with van der Waals surface area (Å²) >= 11 is 0.